The van der Waals surface area contributed by atoms with E-state index in [-0.39, 0.29) is 0 Å². The molecule has 0 saturated heterocycles. The molecule has 0 fully saturated rings. The summed E-state index contributed by atoms with van der Waals surface area (Å²) in [6.45, 7) is 0.794. The minimum absolute atomic E-state index is 0.387. The molecule has 0 atom stereocenters. The van der Waals surface area contributed by atoms with Crippen molar-refractivity contribution in [3.63, 3.8) is 0 Å². The van der Waals surface area contributed by atoms with Gasteiger partial charge in [-0.1, -0.05) is 0 Å². The molecule has 2 aromatic heterocycles. The Morgan fingerprint density at radius 2 is 2.43 bits per heavy atom. The number of hydrogen-bond donors (Lipinski definition) is 0. The van der Waals surface area contributed by atoms with Crippen molar-refractivity contribution in [1.82, 2.24) is 14.8 Å². The van der Waals surface area contributed by atoms with Crippen LogP contribution in [0.4, 0.5) is 0 Å². The van der Waals surface area contributed by atoms with Gasteiger partial charge in [-0.05, 0) is 12.1 Å². The van der Waals surface area contributed by atoms with Crippen molar-refractivity contribution in [2.75, 3.05) is 0 Å². The number of aryl methyl sites for hydroxylation is 2. The molecule has 0 bridgehead atoms. The van der Waals surface area contributed by atoms with Crippen LogP contribution >= 0.6 is 11.6 Å². The maximum absolute atomic E-state index is 5.69. The molecule has 0 aromatic carbocycles. The summed E-state index contributed by atoms with van der Waals surface area (Å²) in [5.74, 6) is 2.13. The van der Waals surface area contributed by atoms with Crippen LogP contribution in [0.25, 0.3) is 0 Å². The van der Waals surface area contributed by atoms with Gasteiger partial charge in [0.05, 0.1) is 12.1 Å². The van der Waals surface area contributed by atoms with Gasteiger partial charge in [0.15, 0.2) is 0 Å². The summed E-state index contributed by atoms with van der Waals surface area (Å²) in [6, 6.07) is 3.83. The molecule has 0 unspecified atom stereocenters. The van der Waals surface area contributed by atoms with Crippen LogP contribution in [0, 0.1) is 0 Å². The van der Waals surface area contributed by atoms with E-state index in [1.54, 1.807) is 12.6 Å². The molecule has 14 heavy (non-hydrogen) atoms. The fourth-order valence-corrected chi connectivity index (χ4v) is 1.46. The standard InChI is InChI=1S/C9H10ClN3O/c10-6-9-12-11-7-13(9)4-3-8-2-1-5-14-8/h1-2,5,7H,3-4,6H2. The van der Waals surface area contributed by atoms with Crippen molar-refractivity contribution in [1.29, 1.82) is 0 Å². The van der Waals surface area contributed by atoms with Gasteiger partial charge in [-0.3, -0.25) is 0 Å². The maximum Gasteiger partial charge on any atom is 0.147 e. The molecule has 0 N–H and O–H groups in total. The van der Waals surface area contributed by atoms with Crippen molar-refractivity contribution in [3.8, 4) is 0 Å². The highest BCUT2D eigenvalue weighted by atomic mass is 35.5. The number of rotatable bonds is 4. The molecule has 0 aliphatic carbocycles. The summed E-state index contributed by atoms with van der Waals surface area (Å²) >= 11 is 5.69. The van der Waals surface area contributed by atoms with Crippen LogP contribution in [-0.4, -0.2) is 14.8 Å². The number of halogens is 1. The summed E-state index contributed by atoms with van der Waals surface area (Å²) < 4.78 is 7.14. The van der Waals surface area contributed by atoms with Crippen LogP contribution in [-0.2, 0) is 18.8 Å². The third-order valence-corrected chi connectivity index (χ3v) is 2.23. The molecule has 2 rings (SSSR count). The smallest absolute Gasteiger partial charge is 0.147 e. The fourth-order valence-electron chi connectivity index (χ4n) is 1.25. The van der Waals surface area contributed by atoms with Crippen LogP contribution in [0.2, 0.25) is 0 Å². The minimum Gasteiger partial charge on any atom is -0.469 e. The Kier molecular flexibility index (Phi) is 2.84. The Balaban J connectivity index is 1.98. The Bertz CT molecular complexity index is 382. The highest BCUT2D eigenvalue weighted by Gasteiger charge is 2.03. The zero-order chi connectivity index (χ0) is 9.80. The Hall–Kier alpha value is -1.29. The third kappa shape index (κ3) is 1.96. The van der Waals surface area contributed by atoms with Crippen LogP contribution in [0.3, 0.4) is 0 Å². The molecular weight excluding hydrogens is 202 g/mol. The Morgan fingerprint density at radius 3 is 3.14 bits per heavy atom. The van der Waals surface area contributed by atoms with Gasteiger partial charge in [-0.25, -0.2) is 0 Å². The lowest BCUT2D eigenvalue weighted by Gasteiger charge is -2.01. The first-order valence-corrected chi connectivity index (χ1v) is 4.88. The second-order valence-electron chi connectivity index (χ2n) is 2.90. The zero-order valence-corrected chi connectivity index (χ0v) is 8.31. The van der Waals surface area contributed by atoms with Gasteiger partial charge in [-0.15, -0.1) is 21.8 Å². The summed E-state index contributed by atoms with van der Waals surface area (Å²) in [4.78, 5) is 0. The van der Waals surface area contributed by atoms with Gasteiger partial charge in [0.25, 0.3) is 0 Å². The van der Waals surface area contributed by atoms with E-state index in [2.05, 4.69) is 10.2 Å². The molecular formula is C9H10ClN3O. The largest absolute Gasteiger partial charge is 0.469 e. The topological polar surface area (TPSA) is 43.9 Å². The number of alkyl halides is 1. The van der Waals surface area contributed by atoms with E-state index in [1.165, 1.54) is 0 Å². The monoisotopic (exact) mass is 211 g/mol. The molecule has 2 aromatic rings. The first-order valence-electron chi connectivity index (χ1n) is 4.35. The van der Waals surface area contributed by atoms with Gasteiger partial charge in [0.2, 0.25) is 0 Å². The third-order valence-electron chi connectivity index (χ3n) is 1.99. The van der Waals surface area contributed by atoms with Gasteiger partial charge >= 0.3 is 0 Å². The van der Waals surface area contributed by atoms with Crippen LogP contribution < -0.4 is 0 Å². The van der Waals surface area contributed by atoms with Gasteiger partial charge in [0.1, 0.15) is 17.9 Å². The number of hydrogen-bond acceptors (Lipinski definition) is 3. The van der Waals surface area contributed by atoms with Gasteiger partial charge < -0.3 is 8.98 Å². The van der Waals surface area contributed by atoms with Crippen molar-refractivity contribution < 1.29 is 4.42 Å². The molecule has 2 heterocycles. The maximum atomic E-state index is 5.69. The summed E-state index contributed by atoms with van der Waals surface area (Å²) in [7, 11) is 0. The van der Waals surface area contributed by atoms with Crippen molar-refractivity contribution in [2.24, 2.45) is 0 Å². The van der Waals surface area contributed by atoms with E-state index >= 15 is 0 Å². The minimum atomic E-state index is 0.387. The fraction of sp³-hybridized carbons (Fsp3) is 0.333. The molecule has 0 radical (unpaired) electrons. The molecule has 0 aliphatic heterocycles. The quantitative estimate of drug-likeness (QED) is 0.725. The average molecular weight is 212 g/mol. The number of furan rings is 1. The summed E-state index contributed by atoms with van der Waals surface area (Å²) in [5, 5.41) is 7.68. The number of nitrogens with zero attached hydrogens (tertiary/aromatic N) is 3. The second-order valence-corrected chi connectivity index (χ2v) is 3.17. The molecule has 0 spiro atoms. The van der Waals surface area contributed by atoms with Gasteiger partial charge in [-0.2, -0.15) is 0 Å². The Morgan fingerprint density at radius 1 is 1.50 bits per heavy atom. The van der Waals surface area contributed by atoms with E-state index < -0.39 is 0 Å². The van der Waals surface area contributed by atoms with Gasteiger partial charge in [0, 0.05) is 13.0 Å². The molecule has 0 aliphatic rings. The van der Waals surface area contributed by atoms with Crippen LogP contribution in [0.15, 0.2) is 29.1 Å². The molecule has 0 amide bonds. The predicted octanol–water partition coefficient (Wildman–Crippen LogP) is 1.85. The van der Waals surface area contributed by atoms with Crippen molar-refractivity contribution >= 4 is 11.6 Å². The average Bonchev–Trinajstić information content (AvgIpc) is 2.85. The van der Waals surface area contributed by atoms with E-state index in [9.17, 15) is 0 Å². The first kappa shape index (κ1) is 9.27. The highest BCUT2D eigenvalue weighted by molar-refractivity contribution is 6.16. The van der Waals surface area contributed by atoms with Crippen molar-refractivity contribution in [2.45, 2.75) is 18.8 Å². The van der Waals surface area contributed by atoms with E-state index in [0.29, 0.717) is 5.88 Å². The summed E-state index contributed by atoms with van der Waals surface area (Å²) in [5.41, 5.74) is 0. The Labute approximate surface area is 86.5 Å². The van der Waals surface area contributed by atoms with E-state index in [1.807, 2.05) is 16.7 Å². The lowest BCUT2D eigenvalue weighted by molar-refractivity contribution is 0.489. The molecule has 4 nitrogen and oxygen atoms in total. The molecule has 0 saturated carbocycles. The molecule has 74 valence electrons. The zero-order valence-electron chi connectivity index (χ0n) is 7.56. The first-order chi connectivity index (χ1) is 6.90. The van der Waals surface area contributed by atoms with Crippen molar-refractivity contribution in [3.05, 3.63) is 36.3 Å². The highest BCUT2D eigenvalue weighted by Crippen LogP contribution is 2.05. The second kappa shape index (κ2) is 4.28. The number of aromatic nitrogens is 3. The lowest BCUT2D eigenvalue weighted by Crippen LogP contribution is -2.03. The lowest BCUT2D eigenvalue weighted by atomic mass is 10.3. The molecule has 5 heteroatoms. The van der Waals surface area contributed by atoms with Crippen LogP contribution in [0.5, 0.6) is 0 Å². The normalized spacial score (nSPS) is 10.6. The summed E-state index contributed by atoms with van der Waals surface area (Å²) in [6.07, 6.45) is 4.18. The van der Waals surface area contributed by atoms with Crippen LogP contribution in [0.1, 0.15) is 11.6 Å². The predicted molar refractivity (Wildman–Crippen MR) is 52.0 cm³/mol. The van der Waals surface area contributed by atoms with E-state index in [0.717, 1.165) is 24.6 Å². The van der Waals surface area contributed by atoms with E-state index in [4.69, 9.17) is 16.0 Å². The SMILES string of the molecule is ClCc1nncn1CCc1ccco1.